The summed E-state index contributed by atoms with van der Waals surface area (Å²) in [6, 6.07) is 17.4. The van der Waals surface area contributed by atoms with E-state index in [1.54, 1.807) is 11.9 Å². The molecule has 0 unspecified atom stereocenters. The average molecular weight is 400 g/mol. The van der Waals surface area contributed by atoms with Gasteiger partial charge in [-0.2, -0.15) is 0 Å². The van der Waals surface area contributed by atoms with Crippen molar-refractivity contribution >= 4 is 22.6 Å². The van der Waals surface area contributed by atoms with E-state index in [2.05, 4.69) is 24.3 Å². The highest BCUT2D eigenvalue weighted by molar-refractivity contribution is 5.96. The molecule has 0 radical (unpaired) electrons. The van der Waals surface area contributed by atoms with E-state index in [4.69, 9.17) is 9.47 Å². The zero-order valence-electron chi connectivity index (χ0n) is 16.5. The van der Waals surface area contributed by atoms with E-state index in [0.717, 1.165) is 27.5 Å². The smallest absolute Gasteiger partial charge is 0.245 e. The van der Waals surface area contributed by atoms with Crippen LogP contribution in [0, 0.1) is 0 Å². The SMILES string of the molecule is CN1CC(=O)N2[C@H](c3ccc4c(c3)OCO4)c3cc4ccccc4cc3C[C@@H]2C1=O. The number of hydrogen-bond donors (Lipinski definition) is 0. The van der Waals surface area contributed by atoms with Gasteiger partial charge in [-0.1, -0.05) is 36.4 Å². The first-order valence-electron chi connectivity index (χ1n) is 10.1. The second-order valence-electron chi connectivity index (χ2n) is 8.13. The molecule has 6 nitrogen and oxygen atoms in total. The minimum absolute atomic E-state index is 0.0147. The van der Waals surface area contributed by atoms with Crippen molar-refractivity contribution in [3.8, 4) is 11.5 Å². The zero-order chi connectivity index (χ0) is 20.4. The Bertz CT molecular complexity index is 1220. The van der Waals surface area contributed by atoms with Crippen molar-refractivity contribution < 1.29 is 19.1 Å². The van der Waals surface area contributed by atoms with Crippen LogP contribution in [0.3, 0.4) is 0 Å². The molecule has 6 rings (SSSR count). The Balaban J connectivity index is 1.59. The van der Waals surface area contributed by atoms with Gasteiger partial charge in [0.05, 0.1) is 12.6 Å². The van der Waals surface area contributed by atoms with E-state index >= 15 is 0 Å². The van der Waals surface area contributed by atoms with Crippen LogP contribution in [0.4, 0.5) is 0 Å². The van der Waals surface area contributed by atoms with E-state index in [0.29, 0.717) is 17.9 Å². The summed E-state index contributed by atoms with van der Waals surface area (Å²) in [6.45, 7) is 0.290. The summed E-state index contributed by atoms with van der Waals surface area (Å²) >= 11 is 0. The number of hydrogen-bond acceptors (Lipinski definition) is 4. The lowest BCUT2D eigenvalue weighted by molar-refractivity contribution is -0.157. The second-order valence-corrected chi connectivity index (χ2v) is 8.13. The minimum atomic E-state index is -0.500. The fourth-order valence-electron chi connectivity index (χ4n) is 4.94. The number of nitrogens with zero attached hydrogens (tertiary/aromatic N) is 2. The van der Waals surface area contributed by atoms with Gasteiger partial charge >= 0.3 is 0 Å². The molecule has 30 heavy (non-hydrogen) atoms. The van der Waals surface area contributed by atoms with Crippen LogP contribution < -0.4 is 9.47 Å². The third kappa shape index (κ3) is 2.43. The summed E-state index contributed by atoms with van der Waals surface area (Å²) in [5, 5.41) is 2.26. The monoisotopic (exact) mass is 400 g/mol. The molecule has 0 N–H and O–H groups in total. The molecule has 0 aromatic heterocycles. The van der Waals surface area contributed by atoms with E-state index in [9.17, 15) is 9.59 Å². The molecule has 2 amide bonds. The Labute approximate surface area is 173 Å². The van der Waals surface area contributed by atoms with Crippen molar-refractivity contribution in [2.24, 2.45) is 0 Å². The largest absolute Gasteiger partial charge is 0.454 e. The summed E-state index contributed by atoms with van der Waals surface area (Å²) in [7, 11) is 1.70. The van der Waals surface area contributed by atoms with Gasteiger partial charge in [0.2, 0.25) is 18.6 Å². The normalized spacial score (nSPS) is 22.3. The fraction of sp³-hybridized carbons (Fsp3) is 0.250. The zero-order valence-corrected chi connectivity index (χ0v) is 16.5. The molecule has 3 aliphatic rings. The molecule has 0 aliphatic carbocycles. The first-order valence-corrected chi connectivity index (χ1v) is 10.1. The molecule has 0 saturated carbocycles. The maximum Gasteiger partial charge on any atom is 0.245 e. The van der Waals surface area contributed by atoms with Crippen molar-refractivity contribution in [1.82, 2.24) is 9.80 Å². The van der Waals surface area contributed by atoms with Gasteiger partial charge in [-0.15, -0.1) is 0 Å². The number of fused-ring (bicyclic) bond motifs is 4. The molecule has 1 fully saturated rings. The van der Waals surface area contributed by atoms with Crippen molar-refractivity contribution in [1.29, 1.82) is 0 Å². The lowest BCUT2D eigenvalue weighted by Gasteiger charge is -2.47. The van der Waals surface area contributed by atoms with Crippen LogP contribution >= 0.6 is 0 Å². The molecular weight excluding hydrogens is 380 g/mol. The lowest BCUT2D eigenvalue weighted by atomic mass is 9.82. The molecule has 3 aromatic carbocycles. The predicted octanol–water partition coefficient (Wildman–Crippen LogP) is 2.88. The van der Waals surface area contributed by atoms with E-state index in [-0.39, 0.29) is 31.2 Å². The maximum absolute atomic E-state index is 13.2. The van der Waals surface area contributed by atoms with Gasteiger partial charge < -0.3 is 19.3 Å². The summed E-state index contributed by atoms with van der Waals surface area (Å²) in [5.74, 6) is 1.32. The third-order valence-corrected chi connectivity index (χ3v) is 6.36. The highest BCUT2D eigenvalue weighted by Gasteiger charge is 2.46. The molecule has 0 spiro atoms. The van der Waals surface area contributed by atoms with Crippen LogP contribution in [0.5, 0.6) is 11.5 Å². The number of benzene rings is 3. The highest BCUT2D eigenvalue weighted by Crippen LogP contribution is 2.44. The standard InChI is InChI=1S/C24H20N2O4/c1-25-12-22(27)26-19(24(25)28)10-17-8-14-4-2-3-5-15(14)9-18(17)23(26)16-6-7-20-21(11-16)30-13-29-20/h2-9,11,19,23H,10,12-13H2,1H3/t19-,23-/m1/s1. The summed E-state index contributed by atoms with van der Waals surface area (Å²) in [6.07, 6.45) is 0.524. The quantitative estimate of drug-likeness (QED) is 0.630. The van der Waals surface area contributed by atoms with Crippen molar-refractivity contribution in [3.63, 3.8) is 0 Å². The predicted molar refractivity (Wildman–Crippen MR) is 110 cm³/mol. The van der Waals surface area contributed by atoms with Gasteiger partial charge in [0.25, 0.3) is 0 Å². The Morgan fingerprint density at radius 3 is 2.53 bits per heavy atom. The molecule has 3 heterocycles. The van der Waals surface area contributed by atoms with Crippen LogP contribution in [0.25, 0.3) is 10.8 Å². The minimum Gasteiger partial charge on any atom is -0.454 e. The number of likely N-dealkylation sites (N-methyl/N-ethyl adjacent to an activating group) is 1. The second kappa shape index (κ2) is 6.23. The topological polar surface area (TPSA) is 59.1 Å². The molecule has 1 saturated heterocycles. The van der Waals surface area contributed by atoms with Crippen molar-refractivity contribution in [2.75, 3.05) is 20.4 Å². The Morgan fingerprint density at radius 1 is 0.933 bits per heavy atom. The molecule has 6 heteroatoms. The first kappa shape index (κ1) is 17.3. The molecule has 3 aliphatic heterocycles. The Hall–Kier alpha value is -3.54. The number of amides is 2. The number of rotatable bonds is 1. The average Bonchev–Trinajstić information content (AvgIpc) is 3.22. The number of carbonyl (C=O) groups excluding carboxylic acids is 2. The van der Waals surface area contributed by atoms with Gasteiger partial charge in [-0.25, -0.2) is 0 Å². The van der Waals surface area contributed by atoms with Crippen LogP contribution in [0.1, 0.15) is 22.7 Å². The highest BCUT2D eigenvalue weighted by atomic mass is 16.7. The molecule has 0 bridgehead atoms. The molecule has 150 valence electrons. The number of ether oxygens (including phenoxy) is 2. The van der Waals surface area contributed by atoms with E-state index in [1.807, 2.05) is 30.3 Å². The molecular formula is C24H20N2O4. The molecule has 3 aromatic rings. The van der Waals surface area contributed by atoms with Gasteiger partial charge in [0.15, 0.2) is 11.5 Å². The lowest BCUT2D eigenvalue weighted by Crippen LogP contribution is -2.62. The van der Waals surface area contributed by atoms with Crippen LogP contribution in [0.2, 0.25) is 0 Å². The molecule has 2 atom stereocenters. The summed E-state index contributed by atoms with van der Waals surface area (Å²) in [4.78, 5) is 29.5. The fourth-order valence-corrected chi connectivity index (χ4v) is 4.94. The van der Waals surface area contributed by atoms with E-state index < -0.39 is 6.04 Å². The summed E-state index contributed by atoms with van der Waals surface area (Å²) < 4.78 is 11.1. The van der Waals surface area contributed by atoms with E-state index in [1.165, 1.54) is 4.90 Å². The third-order valence-electron chi connectivity index (χ3n) is 6.36. The maximum atomic E-state index is 13.2. The van der Waals surface area contributed by atoms with Crippen LogP contribution in [-0.4, -0.2) is 48.0 Å². The van der Waals surface area contributed by atoms with Crippen molar-refractivity contribution in [2.45, 2.75) is 18.5 Å². The van der Waals surface area contributed by atoms with Crippen LogP contribution in [-0.2, 0) is 16.0 Å². The van der Waals surface area contributed by atoms with Gasteiger partial charge in [0, 0.05) is 13.5 Å². The summed E-state index contributed by atoms with van der Waals surface area (Å²) in [5.41, 5.74) is 3.09. The first-order chi connectivity index (χ1) is 14.6. The number of carbonyl (C=O) groups is 2. The van der Waals surface area contributed by atoms with Crippen LogP contribution in [0.15, 0.2) is 54.6 Å². The van der Waals surface area contributed by atoms with Gasteiger partial charge in [-0.05, 0) is 45.7 Å². The van der Waals surface area contributed by atoms with Gasteiger partial charge in [-0.3, -0.25) is 9.59 Å². The number of piperazine rings is 1. The van der Waals surface area contributed by atoms with Gasteiger partial charge in [0.1, 0.15) is 6.04 Å². The Morgan fingerprint density at radius 2 is 1.70 bits per heavy atom. The van der Waals surface area contributed by atoms with Crippen molar-refractivity contribution in [3.05, 3.63) is 71.3 Å². The Kier molecular flexibility index (Phi) is 3.60.